The fraction of sp³-hybridized carbons (Fsp3) is 0.0690. The number of halogens is 2. The smallest absolute Gasteiger partial charge is 0.293 e. The van der Waals surface area contributed by atoms with Crippen LogP contribution in [0, 0.1) is 11.3 Å². The van der Waals surface area contributed by atoms with Crippen molar-refractivity contribution in [2.45, 2.75) is 13.2 Å². The lowest BCUT2D eigenvalue weighted by molar-refractivity contribution is -0.123. The van der Waals surface area contributed by atoms with Crippen LogP contribution in [0.25, 0.3) is 16.8 Å². The summed E-state index contributed by atoms with van der Waals surface area (Å²) in [5.41, 5.74) is 2.59. The molecule has 8 heteroatoms. The Morgan fingerprint density at radius 3 is 2.38 bits per heavy atom. The molecular formula is C29H18Cl2N2O3S. The second kappa shape index (κ2) is 10.7. The van der Waals surface area contributed by atoms with Crippen molar-refractivity contribution < 1.29 is 14.3 Å². The zero-order chi connectivity index (χ0) is 25.9. The van der Waals surface area contributed by atoms with Crippen molar-refractivity contribution in [3.05, 3.63) is 116 Å². The van der Waals surface area contributed by atoms with E-state index < -0.39 is 11.1 Å². The number of ether oxygens (including phenoxy) is 1. The number of imide groups is 1. The molecule has 0 unspecified atom stereocenters. The fourth-order valence-electron chi connectivity index (χ4n) is 4.09. The number of rotatable bonds is 6. The third-order valence-electron chi connectivity index (χ3n) is 5.91. The number of hydrogen-bond donors (Lipinski definition) is 0. The van der Waals surface area contributed by atoms with Crippen LogP contribution in [0.5, 0.6) is 5.75 Å². The minimum Gasteiger partial charge on any atom is -0.486 e. The normalized spacial score (nSPS) is 14.4. The van der Waals surface area contributed by atoms with Crippen molar-refractivity contribution in [2.24, 2.45) is 0 Å². The quantitative estimate of drug-likeness (QED) is 0.231. The number of fused-ring (bicyclic) bond motifs is 1. The molecule has 4 aromatic carbocycles. The maximum atomic E-state index is 13.0. The van der Waals surface area contributed by atoms with Crippen LogP contribution in [0.15, 0.2) is 83.8 Å². The van der Waals surface area contributed by atoms with Gasteiger partial charge in [-0.2, -0.15) is 5.26 Å². The Morgan fingerprint density at radius 1 is 0.919 bits per heavy atom. The molecule has 0 radical (unpaired) electrons. The molecule has 0 bridgehead atoms. The molecule has 1 heterocycles. The van der Waals surface area contributed by atoms with Crippen molar-refractivity contribution in [1.82, 2.24) is 4.90 Å². The Bertz CT molecular complexity index is 1600. The van der Waals surface area contributed by atoms with Gasteiger partial charge >= 0.3 is 0 Å². The molecular weight excluding hydrogens is 527 g/mol. The summed E-state index contributed by atoms with van der Waals surface area (Å²) in [6, 6.07) is 26.3. The first-order chi connectivity index (χ1) is 17.9. The molecule has 0 N–H and O–H groups in total. The van der Waals surface area contributed by atoms with Crippen LogP contribution in [0.4, 0.5) is 4.79 Å². The first-order valence-electron chi connectivity index (χ1n) is 11.3. The van der Waals surface area contributed by atoms with E-state index >= 15 is 0 Å². The standard InChI is InChI=1S/C29H18Cl2N2O3S/c30-24-12-18(13-25(31)27(24)36-17-22-10-5-9-19-6-3-4-11-23(19)22)14-26-28(34)33(29(35)37-26)16-21-8-2-1-7-20(21)15-32/h1-14H,16-17H2/b26-14+. The lowest BCUT2D eigenvalue weighted by atomic mass is 10.1. The molecule has 0 aliphatic carbocycles. The molecule has 1 aliphatic heterocycles. The largest absolute Gasteiger partial charge is 0.486 e. The topological polar surface area (TPSA) is 70.4 Å². The molecule has 0 aromatic heterocycles. The van der Waals surface area contributed by atoms with Gasteiger partial charge in [0.1, 0.15) is 6.61 Å². The van der Waals surface area contributed by atoms with Crippen LogP contribution < -0.4 is 4.74 Å². The van der Waals surface area contributed by atoms with Crippen LogP contribution in [-0.2, 0) is 17.9 Å². The van der Waals surface area contributed by atoms with Gasteiger partial charge in [-0.15, -0.1) is 0 Å². The van der Waals surface area contributed by atoms with Crippen molar-refractivity contribution in [2.75, 3.05) is 0 Å². The maximum absolute atomic E-state index is 13.0. The number of hydrogen-bond acceptors (Lipinski definition) is 5. The highest BCUT2D eigenvalue weighted by atomic mass is 35.5. The molecule has 0 saturated carbocycles. The SMILES string of the molecule is N#Cc1ccccc1CN1C(=O)S/C(=C/c2cc(Cl)c(OCc3cccc4ccccc34)c(Cl)c2)C1=O. The summed E-state index contributed by atoms with van der Waals surface area (Å²) in [4.78, 5) is 26.9. The van der Waals surface area contributed by atoms with Gasteiger partial charge in [0, 0.05) is 0 Å². The predicted molar refractivity (Wildman–Crippen MR) is 147 cm³/mol. The van der Waals surface area contributed by atoms with Gasteiger partial charge in [-0.1, -0.05) is 83.9 Å². The Balaban J connectivity index is 1.34. The molecule has 182 valence electrons. The number of nitrogens with zero attached hydrogens (tertiary/aromatic N) is 2. The molecule has 4 aromatic rings. The third kappa shape index (κ3) is 5.21. The fourth-order valence-corrected chi connectivity index (χ4v) is 5.55. The van der Waals surface area contributed by atoms with E-state index in [4.69, 9.17) is 27.9 Å². The van der Waals surface area contributed by atoms with E-state index in [1.807, 2.05) is 42.5 Å². The molecule has 1 fully saturated rings. The minimum absolute atomic E-state index is 0.0220. The predicted octanol–water partition coefficient (Wildman–Crippen LogP) is 7.83. The van der Waals surface area contributed by atoms with Crippen molar-refractivity contribution in [3.63, 3.8) is 0 Å². The summed E-state index contributed by atoms with van der Waals surface area (Å²) in [5.74, 6) is -0.0964. The van der Waals surface area contributed by atoms with Gasteiger partial charge in [-0.25, -0.2) is 0 Å². The molecule has 5 nitrogen and oxygen atoms in total. The molecule has 0 atom stereocenters. The molecule has 1 saturated heterocycles. The maximum Gasteiger partial charge on any atom is 0.293 e. The Kier molecular flexibility index (Phi) is 7.20. The third-order valence-corrected chi connectivity index (χ3v) is 7.38. The minimum atomic E-state index is -0.439. The summed E-state index contributed by atoms with van der Waals surface area (Å²) in [6.07, 6.45) is 1.58. The first-order valence-corrected chi connectivity index (χ1v) is 12.8. The summed E-state index contributed by atoms with van der Waals surface area (Å²) in [7, 11) is 0. The second-order valence-corrected chi connectivity index (χ2v) is 10.1. The second-order valence-electron chi connectivity index (χ2n) is 8.28. The average molecular weight is 545 g/mol. The van der Waals surface area contributed by atoms with E-state index in [2.05, 4.69) is 6.07 Å². The molecule has 37 heavy (non-hydrogen) atoms. The van der Waals surface area contributed by atoms with Gasteiger partial charge < -0.3 is 4.74 Å². The number of benzene rings is 4. The van der Waals surface area contributed by atoms with Crippen molar-refractivity contribution >= 4 is 63.0 Å². The number of carbonyl (C=O) groups excluding carboxylic acids is 2. The van der Waals surface area contributed by atoms with Crippen molar-refractivity contribution in [3.8, 4) is 11.8 Å². The van der Waals surface area contributed by atoms with Gasteiger partial charge in [-0.05, 0) is 63.5 Å². The van der Waals surface area contributed by atoms with E-state index in [0.29, 0.717) is 32.5 Å². The van der Waals surface area contributed by atoms with Gasteiger partial charge in [0.25, 0.3) is 11.1 Å². The Hall–Kier alpha value is -3.76. The highest BCUT2D eigenvalue weighted by Crippen LogP contribution is 2.38. The summed E-state index contributed by atoms with van der Waals surface area (Å²) in [5, 5.41) is 11.7. The van der Waals surface area contributed by atoms with Crippen LogP contribution >= 0.6 is 35.0 Å². The lowest BCUT2D eigenvalue weighted by Gasteiger charge is -2.13. The van der Waals surface area contributed by atoms with E-state index in [-0.39, 0.29) is 18.1 Å². The number of carbonyl (C=O) groups is 2. The number of amides is 2. The van der Waals surface area contributed by atoms with E-state index in [0.717, 1.165) is 33.0 Å². The van der Waals surface area contributed by atoms with E-state index in [1.165, 1.54) is 0 Å². The number of thioether (sulfide) groups is 1. The van der Waals surface area contributed by atoms with Gasteiger partial charge in [0.15, 0.2) is 5.75 Å². The zero-order valence-corrected chi connectivity index (χ0v) is 21.6. The van der Waals surface area contributed by atoms with Crippen LogP contribution in [0.1, 0.15) is 22.3 Å². The van der Waals surface area contributed by atoms with E-state index in [1.54, 1.807) is 42.5 Å². The highest BCUT2D eigenvalue weighted by Gasteiger charge is 2.35. The van der Waals surface area contributed by atoms with Gasteiger partial charge in [0.05, 0.1) is 33.1 Å². The Labute approximate surface area is 227 Å². The monoisotopic (exact) mass is 544 g/mol. The van der Waals surface area contributed by atoms with Crippen molar-refractivity contribution in [1.29, 1.82) is 5.26 Å². The summed E-state index contributed by atoms with van der Waals surface area (Å²) >= 11 is 13.8. The Morgan fingerprint density at radius 2 is 1.59 bits per heavy atom. The first kappa shape index (κ1) is 24.9. The van der Waals surface area contributed by atoms with Crippen LogP contribution in [0.3, 0.4) is 0 Å². The lowest BCUT2D eigenvalue weighted by Crippen LogP contribution is -2.27. The summed E-state index contributed by atoms with van der Waals surface area (Å²) < 4.78 is 5.98. The molecule has 0 spiro atoms. The average Bonchev–Trinajstić information content (AvgIpc) is 3.15. The number of nitriles is 1. The highest BCUT2D eigenvalue weighted by molar-refractivity contribution is 8.18. The summed E-state index contributed by atoms with van der Waals surface area (Å²) in [6.45, 7) is 0.303. The molecule has 1 aliphatic rings. The van der Waals surface area contributed by atoms with Crippen LogP contribution in [0.2, 0.25) is 10.0 Å². The molecule has 5 rings (SSSR count). The van der Waals surface area contributed by atoms with Gasteiger partial charge in [-0.3, -0.25) is 14.5 Å². The van der Waals surface area contributed by atoms with E-state index in [9.17, 15) is 14.9 Å². The van der Waals surface area contributed by atoms with Gasteiger partial charge in [0.2, 0.25) is 0 Å². The van der Waals surface area contributed by atoms with Crippen LogP contribution in [-0.4, -0.2) is 16.0 Å². The zero-order valence-electron chi connectivity index (χ0n) is 19.3. The molecule has 2 amide bonds.